The molecule has 1 aromatic rings. The number of fused-ring (bicyclic) bond motifs is 1. The van der Waals surface area contributed by atoms with E-state index in [4.69, 9.17) is 18.0 Å². The van der Waals surface area contributed by atoms with E-state index in [1.54, 1.807) is 0 Å². The minimum Gasteiger partial charge on any atom is -0.389 e. The molecule has 1 aliphatic heterocycles. The van der Waals surface area contributed by atoms with Crippen molar-refractivity contribution < 1.29 is 0 Å². The zero-order valence-electron chi connectivity index (χ0n) is 9.93. The van der Waals surface area contributed by atoms with Gasteiger partial charge in [-0.15, -0.1) is 0 Å². The van der Waals surface area contributed by atoms with Crippen molar-refractivity contribution in [3.63, 3.8) is 0 Å². The first-order valence-corrected chi connectivity index (χ1v) is 6.79. The number of hydrogen-bond donors (Lipinski definition) is 1. The summed E-state index contributed by atoms with van der Waals surface area (Å²) in [6.45, 7) is 2.47. The van der Waals surface area contributed by atoms with Crippen LogP contribution in [0.25, 0.3) is 0 Å². The molecule has 0 aromatic heterocycles. The summed E-state index contributed by atoms with van der Waals surface area (Å²) in [5, 5.41) is 0. The average Bonchev–Trinajstić information content (AvgIpc) is 2.89. The van der Waals surface area contributed by atoms with Crippen LogP contribution in [0.15, 0.2) is 24.3 Å². The Bertz CT molecular complexity index is 414. The number of nitrogens with two attached hydrogens (primary N) is 1. The van der Waals surface area contributed by atoms with Gasteiger partial charge in [-0.2, -0.15) is 0 Å². The third-order valence-corrected chi connectivity index (χ3v) is 4.48. The first kappa shape index (κ1) is 11.0. The second-order valence-electron chi connectivity index (χ2n) is 5.27. The molecule has 2 nitrogen and oxygen atoms in total. The quantitative estimate of drug-likeness (QED) is 0.813. The van der Waals surface area contributed by atoms with Gasteiger partial charge in [0.25, 0.3) is 0 Å². The van der Waals surface area contributed by atoms with E-state index >= 15 is 0 Å². The van der Waals surface area contributed by atoms with Gasteiger partial charge >= 0.3 is 0 Å². The molecule has 2 aliphatic rings. The van der Waals surface area contributed by atoms with Crippen LogP contribution < -0.4 is 10.6 Å². The van der Waals surface area contributed by atoms with E-state index in [1.807, 2.05) is 12.1 Å². The lowest BCUT2D eigenvalue weighted by molar-refractivity contribution is 0.494. The van der Waals surface area contributed by atoms with Crippen LogP contribution in [0.5, 0.6) is 0 Å². The third kappa shape index (κ3) is 2.04. The van der Waals surface area contributed by atoms with E-state index in [0.29, 0.717) is 4.99 Å². The number of benzene rings is 1. The van der Waals surface area contributed by atoms with Crippen LogP contribution >= 0.6 is 12.2 Å². The first-order valence-electron chi connectivity index (χ1n) is 6.39. The summed E-state index contributed by atoms with van der Waals surface area (Å²) >= 11 is 4.97. The number of rotatable bonds is 2. The predicted octanol–water partition coefficient (Wildman–Crippen LogP) is 2.56. The van der Waals surface area contributed by atoms with E-state index in [-0.39, 0.29) is 0 Å². The molecule has 0 amide bonds. The highest BCUT2D eigenvalue weighted by molar-refractivity contribution is 7.80. The normalized spacial score (nSPS) is 27.2. The monoisotopic (exact) mass is 246 g/mol. The predicted molar refractivity (Wildman–Crippen MR) is 75.4 cm³/mol. The molecule has 2 unspecified atom stereocenters. The summed E-state index contributed by atoms with van der Waals surface area (Å²) in [4.78, 5) is 2.99. The lowest BCUT2D eigenvalue weighted by Crippen LogP contribution is -2.20. The summed E-state index contributed by atoms with van der Waals surface area (Å²) in [7, 11) is 0. The smallest absolute Gasteiger partial charge is 0.103 e. The Balaban J connectivity index is 1.75. The fraction of sp³-hybridized carbons (Fsp3) is 0.500. The molecule has 17 heavy (non-hydrogen) atoms. The van der Waals surface area contributed by atoms with E-state index < -0.39 is 0 Å². The number of thiocarbonyl (C=S) groups is 1. The van der Waals surface area contributed by atoms with Crippen molar-refractivity contribution in [3.8, 4) is 0 Å². The zero-order chi connectivity index (χ0) is 11.8. The molecule has 2 N–H and O–H groups in total. The largest absolute Gasteiger partial charge is 0.389 e. The standard InChI is InChI=1S/C14H18N2S/c15-14(17)10-4-6-13(7-5-10)16-8-11-2-1-3-12(11)9-16/h4-7,11-12H,1-3,8-9H2,(H2,15,17). The van der Waals surface area contributed by atoms with Gasteiger partial charge in [0.15, 0.2) is 0 Å². The minimum absolute atomic E-state index is 0.481. The Labute approximate surface area is 108 Å². The van der Waals surface area contributed by atoms with Crippen molar-refractivity contribution in [2.75, 3.05) is 18.0 Å². The molecule has 0 spiro atoms. The molecule has 3 rings (SSSR count). The average molecular weight is 246 g/mol. The first-order chi connectivity index (χ1) is 8.24. The Kier molecular flexibility index (Phi) is 2.79. The summed E-state index contributed by atoms with van der Waals surface area (Å²) < 4.78 is 0. The second-order valence-corrected chi connectivity index (χ2v) is 5.71. The van der Waals surface area contributed by atoms with Gasteiger partial charge < -0.3 is 10.6 Å². The van der Waals surface area contributed by atoms with Crippen molar-refractivity contribution in [3.05, 3.63) is 29.8 Å². The van der Waals surface area contributed by atoms with Crippen molar-refractivity contribution >= 4 is 22.9 Å². The number of anilines is 1. The lowest BCUT2D eigenvalue weighted by Gasteiger charge is -2.19. The van der Waals surface area contributed by atoms with Crippen molar-refractivity contribution in [1.82, 2.24) is 0 Å². The van der Waals surface area contributed by atoms with Crippen LogP contribution in [-0.2, 0) is 0 Å². The molecule has 1 aromatic carbocycles. The minimum atomic E-state index is 0.481. The highest BCUT2D eigenvalue weighted by Crippen LogP contribution is 2.39. The fourth-order valence-corrected chi connectivity index (χ4v) is 3.42. The van der Waals surface area contributed by atoms with Crippen molar-refractivity contribution in [1.29, 1.82) is 0 Å². The van der Waals surface area contributed by atoms with Crippen LogP contribution in [0.4, 0.5) is 5.69 Å². The Morgan fingerprint density at radius 3 is 2.24 bits per heavy atom. The van der Waals surface area contributed by atoms with Crippen LogP contribution in [0.2, 0.25) is 0 Å². The Hall–Kier alpha value is -1.09. The summed E-state index contributed by atoms with van der Waals surface area (Å²) in [5.74, 6) is 1.87. The molecule has 1 saturated carbocycles. The second kappa shape index (κ2) is 4.30. The maximum absolute atomic E-state index is 5.61. The van der Waals surface area contributed by atoms with Gasteiger partial charge in [-0.3, -0.25) is 0 Å². The highest BCUT2D eigenvalue weighted by Gasteiger charge is 2.35. The number of nitrogens with zero attached hydrogens (tertiary/aromatic N) is 1. The van der Waals surface area contributed by atoms with Crippen molar-refractivity contribution in [2.24, 2.45) is 17.6 Å². The maximum Gasteiger partial charge on any atom is 0.103 e. The van der Waals surface area contributed by atoms with Gasteiger partial charge in [0, 0.05) is 24.3 Å². The molecular formula is C14H18N2S. The molecule has 1 heterocycles. The summed E-state index contributed by atoms with van der Waals surface area (Å²) in [6.07, 6.45) is 4.28. The molecular weight excluding hydrogens is 228 g/mol. The van der Waals surface area contributed by atoms with Gasteiger partial charge in [0.05, 0.1) is 0 Å². The molecule has 3 heteroatoms. The van der Waals surface area contributed by atoms with Gasteiger partial charge in [-0.1, -0.05) is 18.6 Å². The van der Waals surface area contributed by atoms with E-state index in [0.717, 1.165) is 17.4 Å². The Morgan fingerprint density at radius 2 is 1.71 bits per heavy atom. The topological polar surface area (TPSA) is 29.3 Å². The van der Waals surface area contributed by atoms with Crippen LogP contribution in [0.3, 0.4) is 0 Å². The van der Waals surface area contributed by atoms with E-state index in [1.165, 1.54) is 38.0 Å². The van der Waals surface area contributed by atoms with Crippen molar-refractivity contribution in [2.45, 2.75) is 19.3 Å². The molecule has 0 bridgehead atoms. The maximum atomic E-state index is 5.61. The molecule has 0 radical (unpaired) electrons. The SMILES string of the molecule is NC(=S)c1ccc(N2CC3CCCC3C2)cc1. The fourth-order valence-electron chi connectivity index (χ4n) is 3.28. The van der Waals surface area contributed by atoms with Crippen LogP contribution in [0.1, 0.15) is 24.8 Å². The highest BCUT2D eigenvalue weighted by atomic mass is 32.1. The molecule has 90 valence electrons. The van der Waals surface area contributed by atoms with Crippen LogP contribution in [0, 0.1) is 11.8 Å². The van der Waals surface area contributed by atoms with E-state index in [2.05, 4.69) is 17.0 Å². The van der Waals surface area contributed by atoms with Gasteiger partial charge in [-0.25, -0.2) is 0 Å². The molecule has 1 aliphatic carbocycles. The summed E-state index contributed by atoms with van der Waals surface area (Å²) in [5.41, 5.74) is 7.89. The molecule has 1 saturated heterocycles. The zero-order valence-corrected chi connectivity index (χ0v) is 10.7. The molecule has 2 atom stereocenters. The summed E-state index contributed by atoms with van der Waals surface area (Å²) in [6, 6.07) is 8.36. The van der Waals surface area contributed by atoms with E-state index in [9.17, 15) is 0 Å². The number of hydrogen-bond acceptors (Lipinski definition) is 2. The van der Waals surface area contributed by atoms with Gasteiger partial charge in [0.1, 0.15) is 4.99 Å². The third-order valence-electron chi connectivity index (χ3n) is 4.24. The van der Waals surface area contributed by atoms with Crippen LogP contribution in [-0.4, -0.2) is 18.1 Å². The lowest BCUT2D eigenvalue weighted by atomic mass is 10.0. The van der Waals surface area contributed by atoms with Gasteiger partial charge in [-0.05, 0) is 48.9 Å². The Morgan fingerprint density at radius 1 is 1.12 bits per heavy atom. The van der Waals surface area contributed by atoms with Gasteiger partial charge in [0.2, 0.25) is 0 Å². The molecule has 2 fully saturated rings.